The van der Waals surface area contributed by atoms with E-state index >= 15 is 0 Å². The minimum Gasteiger partial charge on any atom is -0.391 e. The lowest BCUT2D eigenvalue weighted by Gasteiger charge is -2.47. The third kappa shape index (κ3) is 19.1. The first-order valence-electron chi connectivity index (χ1n) is 36.7. The van der Waals surface area contributed by atoms with Gasteiger partial charge in [-0.1, -0.05) is 62.6 Å². The Bertz CT molecular complexity index is 3210. The van der Waals surface area contributed by atoms with E-state index in [0.29, 0.717) is 78.0 Å². The SMILES string of the molecule is C=C1C[C@@H]2CC[C@@]34CC5OC6C(O[C@H]7CC[C@H](CC(=S)C[C@@H]8[C@@H](OC)[C@@H](C[C@H](O)CNC(=O)CNC(=O)[C@H](Cc9ccccc9)NC(=O)CNC(=O)CNC(=O)CCN9CCOCCN(C(=O)CCN%10C(=O)C=CC%10=O)CCOCC9)O[C@H]8C[C@H]8O[C@@H](CC[C@@H]1O2)C[C@@H](C)C8=C)O[C@@H]7[C@@H]6O3)[C@H]5O4. The monoisotopic (exact) mass is 1440 g/mol. The normalized spacial score (nSPS) is 34.9. The van der Waals surface area contributed by atoms with Crippen molar-refractivity contribution < 1.29 is 95.6 Å². The van der Waals surface area contributed by atoms with E-state index in [1.807, 2.05) is 11.0 Å². The molecule has 0 aliphatic carbocycles. The molecule has 0 radical (unpaired) electrons. The predicted octanol–water partition coefficient (Wildman–Crippen LogP) is 1.35. The molecule has 13 rings (SSSR count). The zero-order valence-electron chi connectivity index (χ0n) is 58.6. The van der Waals surface area contributed by atoms with Crippen LogP contribution >= 0.6 is 12.2 Å². The number of methoxy groups -OCH3 is 1. The summed E-state index contributed by atoms with van der Waals surface area (Å²) in [6.45, 7) is 12.6. The van der Waals surface area contributed by atoms with Crippen LogP contribution in [-0.2, 0) is 96.9 Å². The van der Waals surface area contributed by atoms with Crippen LogP contribution in [0.5, 0.6) is 0 Å². The van der Waals surface area contributed by atoms with Crippen molar-refractivity contribution in [3.05, 3.63) is 72.4 Å². The molecule has 12 aliphatic rings. The van der Waals surface area contributed by atoms with E-state index in [9.17, 15) is 43.5 Å². The Morgan fingerprint density at radius 3 is 2.10 bits per heavy atom. The van der Waals surface area contributed by atoms with Crippen LogP contribution in [0.1, 0.15) is 109 Å². The Balaban J connectivity index is 0.596. The van der Waals surface area contributed by atoms with Crippen LogP contribution in [0, 0.1) is 11.8 Å². The van der Waals surface area contributed by atoms with Crippen molar-refractivity contribution in [2.24, 2.45) is 11.8 Å². The van der Waals surface area contributed by atoms with Crippen LogP contribution in [0.4, 0.5) is 0 Å². The molecule has 8 amide bonds. The van der Waals surface area contributed by atoms with Crippen LogP contribution in [0.25, 0.3) is 0 Å². The van der Waals surface area contributed by atoms with Crippen molar-refractivity contribution >= 4 is 64.3 Å². The molecule has 560 valence electrons. The number of nitrogens with one attached hydrogen (secondary N) is 5. The second-order valence-electron chi connectivity index (χ2n) is 29.2. The molecule has 12 bridgehead atoms. The third-order valence-corrected chi connectivity index (χ3v) is 22.4. The van der Waals surface area contributed by atoms with Gasteiger partial charge in [-0.05, 0) is 78.9 Å². The fourth-order valence-electron chi connectivity index (χ4n) is 16.6. The van der Waals surface area contributed by atoms with Gasteiger partial charge in [0.25, 0.3) is 11.8 Å². The number of imide groups is 1. The predicted molar refractivity (Wildman–Crippen MR) is 369 cm³/mol. The molecule has 3 unspecified atom stereocenters. The number of fused-ring (bicyclic) bond motifs is 6. The average Bonchev–Trinajstić information content (AvgIpc) is 1.55. The second kappa shape index (κ2) is 34.9. The number of thiocarbonyl (C=S) groups is 1. The number of aliphatic hydroxyl groups is 1. The molecule has 11 fully saturated rings. The zero-order chi connectivity index (χ0) is 71.6. The number of rotatable bonds is 21. The van der Waals surface area contributed by atoms with Crippen LogP contribution < -0.4 is 26.6 Å². The molecule has 6 N–H and O–H groups in total. The highest BCUT2D eigenvalue weighted by atomic mass is 32.1. The molecular weight excluding hydrogens is 1340 g/mol. The van der Waals surface area contributed by atoms with Gasteiger partial charge in [0.15, 0.2) is 5.79 Å². The van der Waals surface area contributed by atoms with Crippen molar-refractivity contribution in [1.29, 1.82) is 0 Å². The summed E-state index contributed by atoms with van der Waals surface area (Å²) in [4.78, 5) is 109. The van der Waals surface area contributed by atoms with Crippen molar-refractivity contribution in [2.45, 2.75) is 219 Å². The summed E-state index contributed by atoms with van der Waals surface area (Å²) < 4.78 is 73.0. The summed E-state index contributed by atoms with van der Waals surface area (Å²) in [7, 11) is 1.64. The van der Waals surface area contributed by atoms with Crippen LogP contribution in [0.15, 0.2) is 66.8 Å². The number of ether oxygens (including phenoxy) is 11. The van der Waals surface area contributed by atoms with Crippen LogP contribution in [0.3, 0.4) is 0 Å². The lowest BCUT2D eigenvalue weighted by Crippen LogP contribution is -2.61. The number of amides is 8. The molecule has 29 heteroatoms. The summed E-state index contributed by atoms with van der Waals surface area (Å²) >= 11 is 6.31. The first kappa shape index (κ1) is 75.6. The maximum Gasteiger partial charge on any atom is 0.253 e. The summed E-state index contributed by atoms with van der Waals surface area (Å²) in [5.41, 5.74) is 2.81. The second-order valence-corrected chi connectivity index (χ2v) is 29.8. The molecule has 1 aromatic carbocycles. The standard InChI is InChI=1S/C73H102N8O20S/c1-42-30-47-10-12-53-43(2)31-49(94-53)16-19-73-37-58-68(100-73)69-70(99-58)71(101-73)67-54(98-69)13-11-48(96-67)34-50(102)35-51-56(36-55(95-47)44(42)3)97-57(66(51)91-4)33-46(82)38-74-61(85)40-77-72(90)52(32-45-8-6-5-7-9-45)78-62(86)41-76-60(84)39-75-59(83)17-20-79-22-26-92-28-24-80(25-29-93-27-23-79)63(87)18-21-81-64(88)14-15-65(81)89/h5-9,14-15,42,46-49,51-58,66-71,82H,2-3,10-13,16-41H2,1,4H3,(H,74,85)(H,75,83)(H,76,84)(H,77,90)(H,78,86)/t42-,46+,47+,48-,49+,51+,52+,53+,54+,55-,56+,57-,58?,66-,67+,68+,69?,70?,71+,73+/m1/s1. The number of benzene rings is 1. The van der Waals surface area contributed by atoms with Crippen molar-refractivity contribution in [2.75, 3.05) is 99.0 Å². The van der Waals surface area contributed by atoms with E-state index in [1.165, 1.54) is 12.2 Å². The molecule has 0 saturated carbocycles. The molecular formula is C73H102N8O20S. The van der Waals surface area contributed by atoms with Gasteiger partial charge in [0.1, 0.15) is 36.6 Å². The van der Waals surface area contributed by atoms with Gasteiger partial charge >= 0.3 is 0 Å². The lowest BCUT2D eigenvalue weighted by molar-refractivity contribution is -0.292. The number of hydrogen-bond acceptors (Lipinski definition) is 22. The Morgan fingerprint density at radius 2 is 1.33 bits per heavy atom. The summed E-state index contributed by atoms with van der Waals surface area (Å²) in [5.74, 6) is -4.99. The van der Waals surface area contributed by atoms with Crippen molar-refractivity contribution in [3.63, 3.8) is 0 Å². The van der Waals surface area contributed by atoms with Gasteiger partial charge in [-0.3, -0.25) is 48.2 Å². The molecule has 28 nitrogen and oxygen atoms in total. The van der Waals surface area contributed by atoms with Gasteiger partial charge in [0, 0.05) is 122 Å². The summed E-state index contributed by atoms with van der Waals surface area (Å²) in [5, 5.41) is 24.7. The summed E-state index contributed by atoms with van der Waals surface area (Å²) in [6, 6.07) is 7.80. The van der Waals surface area contributed by atoms with Crippen molar-refractivity contribution in [3.8, 4) is 0 Å². The van der Waals surface area contributed by atoms with E-state index in [-0.39, 0.29) is 143 Å². The smallest absolute Gasteiger partial charge is 0.253 e. The first-order valence-corrected chi connectivity index (χ1v) is 37.1. The van der Waals surface area contributed by atoms with E-state index in [2.05, 4.69) is 46.7 Å². The maximum absolute atomic E-state index is 13.8. The molecule has 12 heterocycles. The Hall–Kier alpha value is -6.03. The number of nitrogens with zero attached hydrogens (tertiary/aromatic N) is 3. The third-order valence-electron chi connectivity index (χ3n) is 22.1. The molecule has 1 spiro atoms. The number of aliphatic hydroxyl groups excluding tert-OH is 1. The van der Waals surface area contributed by atoms with Gasteiger partial charge in [0.2, 0.25) is 35.4 Å². The molecule has 11 saturated heterocycles. The number of hydrogen-bond donors (Lipinski definition) is 6. The fraction of sp³-hybridized carbons (Fsp3) is 0.712. The first-order chi connectivity index (χ1) is 49.2. The zero-order valence-corrected chi connectivity index (χ0v) is 59.4. The largest absolute Gasteiger partial charge is 0.391 e. The highest BCUT2D eigenvalue weighted by molar-refractivity contribution is 7.80. The maximum atomic E-state index is 13.8. The van der Waals surface area contributed by atoms with Gasteiger partial charge < -0.3 is 88.7 Å². The van der Waals surface area contributed by atoms with E-state index in [4.69, 9.17) is 64.3 Å². The fourth-order valence-corrected chi connectivity index (χ4v) is 17.0. The molecule has 1 aromatic rings. The topological polar surface area (TPSA) is 328 Å². The van der Waals surface area contributed by atoms with Gasteiger partial charge in [-0.15, -0.1) is 0 Å². The number of carbonyl (C=O) groups is 8. The van der Waals surface area contributed by atoms with E-state index in [1.54, 1.807) is 36.3 Å². The minimum atomic E-state index is -1.16. The average molecular weight is 1440 g/mol. The quantitative estimate of drug-likeness (QED) is 0.0575. The minimum absolute atomic E-state index is 0.0121. The lowest BCUT2D eigenvalue weighted by atomic mass is 9.81. The van der Waals surface area contributed by atoms with Gasteiger partial charge in [-0.25, -0.2) is 0 Å². The van der Waals surface area contributed by atoms with Crippen LogP contribution in [-0.4, -0.2) is 280 Å². The Labute approximate surface area is 600 Å². The van der Waals surface area contributed by atoms with Crippen molar-refractivity contribution in [1.82, 2.24) is 41.3 Å². The highest BCUT2D eigenvalue weighted by Crippen LogP contribution is 2.55. The Kier molecular flexibility index (Phi) is 25.9. The van der Waals surface area contributed by atoms with Crippen LogP contribution in [0.2, 0.25) is 0 Å². The van der Waals surface area contributed by atoms with E-state index < -0.39 is 97.2 Å². The molecule has 12 aliphatic heterocycles. The Morgan fingerprint density at radius 1 is 0.667 bits per heavy atom. The summed E-state index contributed by atoms with van der Waals surface area (Å²) in [6.07, 6.45) is 5.77. The molecule has 0 aromatic heterocycles. The molecule has 20 atom stereocenters. The number of carbonyl (C=O) groups excluding carboxylic acids is 8. The highest BCUT2D eigenvalue weighted by Gasteiger charge is 2.69. The van der Waals surface area contributed by atoms with Gasteiger partial charge in [0.05, 0.1) is 113 Å². The molecule has 102 heavy (non-hydrogen) atoms. The van der Waals surface area contributed by atoms with E-state index in [0.717, 1.165) is 71.4 Å². The van der Waals surface area contributed by atoms with Gasteiger partial charge in [-0.2, -0.15) is 0 Å².